The van der Waals surface area contributed by atoms with Crippen molar-refractivity contribution in [1.29, 1.82) is 0 Å². The second-order valence-electron chi connectivity index (χ2n) is 3.78. The van der Waals surface area contributed by atoms with Crippen molar-refractivity contribution in [2.24, 2.45) is 0 Å². The summed E-state index contributed by atoms with van der Waals surface area (Å²) in [4.78, 5) is 22.4. The highest BCUT2D eigenvalue weighted by Gasteiger charge is 2.20. The van der Waals surface area contributed by atoms with Gasteiger partial charge in [0.2, 0.25) is 0 Å². The molecule has 4 nitrogen and oxygen atoms in total. The minimum Gasteiger partial charge on any atom is -0.466 e. The zero-order valence-corrected chi connectivity index (χ0v) is 11.9. The first kappa shape index (κ1) is 15.8. The molecule has 5 heteroatoms. The predicted molar refractivity (Wildman–Crippen MR) is 75.0 cm³/mol. The van der Waals surface area contributed by atoms with E-state index in [1.807, 2.05) is 0 Å². The first-order chi connectivity index (χ1) is 9.43. The van der Waals surface area contributed by atoms with Crippen molar-refractivity contribution >= 4 is 23.5 Å². The van der Waals surface area contributed by atoms with Crippen LogP contribution in [0.5, 0.6) is 0 Å². The molecule has 1 aromatic rings. The molecule has 0 bridgehead atoms. The smallest absolute Gasteiger partial charge is 0.337 e. The molecule has 20 heavy (non-hydrogen) atoms. The van der Waals surface area contributed by atoms with Gasteiger partial charge >= 0.3 is 11.9 Å². The molecule has 0 spiro atoms. The number of esters is 2. The van der Waals surface area contributed by atoms with Gasteiger partial charge in [-0.1, -0.05) is 24.1 Å². The normalized spacial score (nSPS) is 10.8. The lowest BCUT2D eigenvalue weighted by molar-refractivity contribution is -0.144. The van der Waals surface area contributed by atoms with Crippen molar-refractivity contribution in [3.63, 3.8) is 0 Å². The Morgan fingerprint density at radius 2 is 1.90 bits per heavy atom. The Morgan fingerprint density at radius 1 is 1.30 bits per heavy atom. The molecule has 1 rings (SSSR count). The zero-order valence-electron chi connectivity index (χ0n) is 11.1. The van der Waals surface area contributed by atoms with Gasteiger partial charge in [0.15, 0.2) is 6.10 Å². The standard InChI is InChI=1S/C15H13ClO4/c1-10(15(18)19-3)14(20-11(2)17)9-6-12-4-7-13(16)8-5-12/h4-5,7-8,14H,1H2,2-3H3. The molecule has 1 atom stereocenters. The molecule has 1 unspecified atom stereocenters. The maximum Gasteiger partial charge on any atom is 0.337 e. The first-order valence-electron chi connectivity index (χ1n) is 5.65. The summed E-state index contributed by atoms with van der Waals surface area (Å²) in [6, 6.07) is 6.78. The molecule has 0 aromatic heterocycles. The van der Waals surface area contributed by atoms with Gasteiger partial charge in [0.05, 0.1) is 12.7 Å². The molecule has 0 saturated carbocycles. The summed E-state index contributed by atoms with van der Waals surface area (Å²) in [5.74, 6) is 4.20. The first-order valence-corrected chi connectivity index (χ1v) is 6.03. The van der Waals surface area contributed by atoms with Crippen molar-refractivity contribution in [2.75, 3.05) is 7.11 Å². The summed E-state index contributed by atoms with van der Waals surface area (Å²) in [6.45, 7) is 4.75. The molecule has 0 amide bonds. The van der Waals surface area contributed by atoms with E-state index in [4.69, 9.17) is 16.3 Å². The number of rotatable bonds is 3. The van der Waals surface area contributed by atoms with Crippen LogP contribution in [0.1, 0.15) is 12.5 Å². The van der Waals surface area contributed by atoms with Crippen LogP contribution in [0.3, 0.4) is 0 Å². The van der Waals surface area contributed by atoms with Crippen LogP contribution >= 0.6 is 11.6 Å². The van der Waals surface area contributed by atoms with Crippen molar-refractivity contribution in [1.82, 2.24) is 0 Å². The van der Waals surface area contributed by atoms with Gasteiger partial charge in [0, 0.05) is 17.5 Å². The molecule has 104 valence electrons. The highest BCUT2D eigenvalue weighted by Crippen LogP contribution is 2.10. The largest absolute Gasteiger partial charge is 0.466 e. The van der Waals surface area contributed by atoms with E-state index in [-0.39, 0.29) is 5.57 Å². The fraction of sp³-hybridized carbons (Fsp3) is 0.200. The number of carbonyl (C=O) groups is 2. The van der Waals surface area contributed by atoms with Gasteiger partial charge in [0.25, 0.3) is 0 Å². The van der Waals surface area contributed by atoms with Crippen LogP contribution in [0.15, 0.2) is 36.4 Å². The minimum atomic E-state index is -1.05. The third-order valence-electron chi connectivity index (χ3n) is 2.24. The number of methoxy groups -OCH3 is 1. The quantitative estimate of drug-likeness (QED) is 0.487. The number of hydrogen-bond donors (Lipinski definition) is 0. The maximum absolute atomic E-state index is 11.4. The van der Waals surface area contributed by atoms with E-state index in [9.17, 15) is 9.59 Å². The third-order valence-corrected chi connectivity index (χ3v) is 2.49. The van der Waals surface area contributed by atoms with Gasteiger partial charge in [-0.15, -0.1) is 0 Å². The highest BCUT2D eigenvalue weighted by atomic mass is 35.5. The number of carbonyl (C=O) groups excluding carboxylic acids is 2. The lowest BCUT2D eigenvalue weighted by Crippen LogP contribution is -2.22. The maximum atomic E-state index is 11.4. The zero-order chi connectivity index (χ0) is 15.1. The van der Waals surface area contributed by atoms with Crippen LogP contribution in [0.2, 0.25) is 5.02 Å². The van der Waals surface area contributed by atoms with Crippen LogP contribution in [0, 0.1) is 11.8 Å². The van der Waals surface area contributed by atoms with Gasteiger partial charge in [-0.05, 0) is 30.2 Å². The molecule has 0 heterocycles. The molecule has 0 N–H and O–H groups in total. The van der Waals surface area contributed by atoms with Crippen LogP contribution < -0.4 is 0 Å². The Hall–Kier alpha value is -2.25. The van der Waals surface area contributed by atoms with Crippen LogP contribution in [0.25, 0.3) is 0 Å². The van der Waals surface area contributed by atoms with Gasteiger partial charge < -0.3 is 9.47 Å². The molecule has 0 aliphatic heterocycles. The molecule has 0 fully saturated rings. The van der Waals surface area contributed by atoms with Crippen LogP contribution in [-0.4, -0.2) is 25.2 Å². The Balaban J connectivity index is 2.95. The van der Waals surface area contributed by atoms with Crippen LogP contribution in [0.4, 0.5) is 0 Å². The van der Waals surface area contributed by atoms with Crippen molar-refractivity contribution in [3.05, 3.63) is 47.0 Å². The molecular weight excluding hydrogens is 280 g/mol. The third kappa shape index (κ3) is 4.79. The monoisotopic (exact) mass is 292 g/mol. The van der Waals surface area contributed by atoms with Crippen molar-refractivity contribution < 1.29 is 19.1 Å². The van der Waals surface area contributed by atoms with Crippen molar-refractivity contribution in [3.8, 4) is 11.8 Å². The van der Waals surface area contributed by atoms with E-state index in [2.05, 4.69) is 23.2 Å². The second kappa shape index (κ2) is 7.37. The summed E-state index contributed by atoms with van der Waals surface area (Å²) < 4.78 is 9.47. The topological polar surface area (TPSA) is 52.6 Å². The fourth-order valence-electron chi connectivity index (χ4n) is 1.27. The van der Waals surface area contributed by atoms with Gasteiger partial charge in [-0.25, -0.2) is 4.79 Å². The average Bonchev–Trinajstić information content (AvgIpc) is 2.43. The molecule has 1 aromatic carbocycles. The molecule has 0 radical (unpaired) electrons. The molecular formula is C15H13ClO4. The summed E-state index contributed by atoms with van der Waals surface area (Å²) in [7, 11) is 1.21. The van der Waals surface area contributed by atoms with E-state index in [0.29, 0.717) is 10.6 Å². The predicted octanol–water partition coefficient (Wildman–Crippen LogP) is 2.35. The Bertz CT molecular complexity index is 578. The number of halogens is 1. The molecule has 0 saturated heterocycles. The Kier molecular flexibility index (Phi) is 5.82. The lowest BCUT2D eigenvalue weighted by Gasteiger charge is -2.11. The summed E-state index contributed by atoms with van der Waals surface area (Å²) in [6.07, 6.45) is -1.05. The Labute approximate surface area is 122 Å². The number of benzene rings is 1. The van der Waals surface area contributed by atoms with Gasteiger partial charge in [-0.3, -0.25) is 4.79 Å². The fourth-order valence-corrected chi connectivity index (χ4v) is 1.40. The minimum absolute atomic E-state index is 0.0378. The van der Waals surface area contributed by atoms with E-state index in [1.165, 1.54) is 14.0 Å². The van der Waals surface area contributed by atoms with E-state index in [0.717, 1.165) is 0 Å². The Morgan fingerprint density at radius 3 is 2.40 bits per heavy atom. The van der Waals surface area contributed by atoms with Gasteiger partial charge in [-0.2, -0.15) is 0 Å². The lowest BCUT2D eigenvalue weighted by atomic mass is 10.1. The van der Waals surface area contributed by atoms with E-state index < -0.39 is 18.0 Å². The summed E-state index contributed by atoms with van der Waals surface area (Å²) >= 11 is 5.76. The SMILES string of the molecule is C=C(C(=O)OC)C(C#Cc1ccc(Cl)cc1)OC(C)=O. The number of ether oxygens (including phenoxy) is 2. The van der Waals surface area contributed by atoms with Gasteiger partial charge in [0.1, 0.15) is 0 Å². The molecule has 0 aliphatic carbocycles. The average molecular weight is 293 g/mol. The van der Waals surface area contributed by atoms with E-state index >= 15 is 0 Å². The number of hydrogen-bond acceptors (Lipinski definition) is 4. The molecule has 0 aliphatic rings. The van der Waals surface area contributed by atoms with Crippen molar-refractivity contribution in [2.45, 2.75) is 13.0 Å². The van der Waals surface area contributed by atoms with Crippen LogP contribution in [-0.2, 0) is 19.1 Å². The van der Waals surface area contributed by atoms with E-state index in [1.54, 1.807) is 24.3 Å². The second-order valence-corrected chi connectivity index (χ2v) is 4.22. The summed E-state index contributed by atoms with van der Waals surface area (Å²) in [5.41, 5.74) is 0.633. The highest BCUT2D eigenvalue weighted by molar-refractivity contribution is 6.30. The summed E-state index contributed by atoms with van der Waals surface area (Å²) in [5, 5.41) is 0.589.